The van der Waals surface area contributed by atoms with Gasteiger partial charge in [0, 0.05) is 18.9 Å². The molecule has 7 nitrogen and oxygen atoms in total. The molecule has 8 heteroatoms. The average molecular weight is 307 g/mol. The second-order valence-electron chi connectivity index (χ2n) is 4.32. The largest absolute Gasteiger partial charge is 0.328 e. The fourth-order valence-corrected chi connectivity index (χ4v) is 2.26. The SMILES string of the molecule is CN(C(=O)c1ccc[nH]c1=O)c1ccc(S(N)(=O)=O)cc1. The van der Waals surface area contributed by atoms with Crippen LogP contribution in [0.4, 0.5) is 5.69 Å². The number of aromatic nitrogens is 1. The van der Waals surface area contributed by atoms with E-state index in [-0.39, 0.29) is 10.5 Å². The smallest absolute Gasteiger partial charge is 0.263 e. The van der Waals surface area contributed by atoms with Crippen LogP contribution in [0.3, 0.4) is 0 Å². The maximum absolute atomic E-state index is 12.2. The molecule has 2 rings (SSSR count). The van der Waals surface area contributed by atoms with Gasteiger partial charge < -0.3 is 9.88 Å². The van der Waals surface area contributed by atoms with E-state index in [2.05, 4.69) is 4.98 Å². The van der Waals surface area contributed by atoms with Gasteiger partial charge in [0.05, 0.1) is 4.90 Å². The summed E-state index contributed by atoms with van der Waals surface area (Å²) in [5, 5.41) is 5.00. The first-order valence-electron chi connectivity index (χ1n) is 5.89. The maximum Gasteiger partial charge on any atom is 0.263 e. The van der Waals surface area contributed by atoms with E-state index in [0.29, 0.717) is 5.69 Å². The van der Waals surface area contributed by atoms with Crippen molar-refractivity contribution in [3.63, 3.8) is 0 Å². The predicted molar refractivity (Wildman–Crippen MR) is 77.6 cm³/mol. The summed E-state index contributed by atoms with van der Waals surface area (Å²) < 4.78 is 22.3. The molecular weight excluding hydrogens is 294 g/mol. The Labute approximate surface area is 121 Å². The molecule has 0 fully saturated rings. The van der Waals surface area contributed by atoms with Crippen molar-refractivity contribution in [2.45, 2.75) is 4.90 Å². The Morgan fingerprint density at radius 2 is 1.81 bits per heavy atom. The highest BCUT2D eigenvalue weighted by Crippen LogP contribution is 2.17. The molecule has 1 amide bonds. The van der Waals surface area contributed by atoms with Gasteiger partial charge in [-0.15, -0.1) is 0 Å². The number of carbonyl (C=O) groups excluding carboxylic acids is 1. The minimum atomic E-state index is -3.78. The quantitative estimate of drug-likeness (QED) is 0.848. The number of H-pyrrole nitrogens is 1. The first kappa shape index (κ1) is 14.9. The number of pyridine rings is 1. The van der Waals surface area contributed by atoms with Crippen molar-refractivity contribution >= 4 is 21.6 Å². The standard InChI is InChI=1S/C13H13N3O4S/c1-16(13(18)11-3-2-8-15-12(11)17)9-4-6-10(7-5-9)21(14,19)20/h2-8H,1H3,(H,15,17)(H2,14,19,20). The van der Waals surface area contributed by atoms with Gasteiger partial charge in [0.15, 0.2) is 0 Å². The van der Waals surface area contributed by atoms with Gasteiger partial charge in [-0.1, -0.05) is 0 Å². The molecule has 0 bridgehead atoms. The van der Waals surface area contributed by atoms with E-state index in [0.717, 1.165) is 0 Å². The Morgan fingerprint density at radius 1 is 1.19 bits per heavy atom. The van der Waals surface area contributed by atoms with Crippen LogP contribution in [-0.2, 0) is 10.0 Å². The second-order valence-corrected chi connectivity index (χ2v) is 5.88. The summed E-state index contributed by atoms with van der Waals surface area (Å²) in [5.74, 6) is -0.500. The van der Waals surface area contributed by atoms with E-state index in [4.69, 9.17) is 5.14 Å². The number of anilines is 1. The molecule has 110 valence electrons. The summed E-state index contributed by atoms with van der Waals surface area (Å²) in [7, 11) is -2.30. The molecule has 1 heterocycles. The zero-order valence-corrected chi connectivity index (χ0v) is 11.9. The van der Waals surface area contributed by atoms with Crippen LogP contribution in [0.2, 0.25) is 0 Å². The number of nitrogens with two attached hydrogens (primary N) is 1. The topological polar surface area (TPSA) is 113 Å². The van der Waals surface area contributed by atoms with E-state index in [1.54, 1.807) is 6.07 Å². The number of nitrogens with zero attached hydrogens (tertiary/aromatic N) is 1. The minimum Gasteiger partial charge on any atom is -0.328 e. The van der Waals surface area contributed by atoms with Gasteiger partial charge in [-0.2, -0.15) is 0 Å². The molecule has 0 aliphatic heterocycles. The molecule has 0 atom stereocenters. The number of primary sulfonamides is 1. The minimum absolute atomic E-state index is 0.00415. The number of amides is 1. The third kappa shape index (κ3) is 3.18. The molecule has 0 saturated carbocycles. The summed E-state index contributed by atoms with van der Waals surface area (Å²) in [6, 6.07) is 8.43. The van der Waals surface area contributed by atoms with Gasteiger partial charge in [-0.05, 0) is 36.4 Å². The van der Waals surface area contributed by atoms with Crippen LogP contribution in [0.5, 0.6) is 0 Å². The van der Waals surface area contributed by atoms with Crippen molar-refractivity contribution < 1.29 is 13.2 Å². The van der Waals surface area contributed by atoms with E-state index in [1.165, 1.54) is 48.5 Å². The molecule has 1 aromatic heterocycles. The molecule has 0 radical (unpaired) electrons. The number of benzene rings is 1. The first-order valence-corrected chi connectivity index (χ1v) is 7.44. The Kier molecular flexibility index (Phi) is 3.92. The molecule has 0 saturated heterocycles. The maximum atomic E-state index is 12.2. The number of rotatable bonds is 3. The Balaban J connectivity index is 2.32. The predicted octanol–water partition coefficient (Wildman–Crippen LogP) is 0.299. The van der Waals surface area contributed by atoms with Gasteiger partial charge in [0.2, 0.25) is 10.0 Å². The molecule has 2 aromatic rings. The zero-order valence-electron chi connectivity index (χ0n) is 11.1. The molecule has 21 heavy (non-hydrogen) atoms. The Bertz CT molecular complexity index is 825. The lowest BCUT2D eigenvalue weighted by Crippen LogP contribution is -2.31. The molecule has 3 N–H and O–H groups in total. The van der Waals surface area contributed by atoms with Crippen LogP contribution < -0.4 is 15.6 Å². The number of sulfonamides is 1. The van der Waals surface area contributed by atoms with E-state index >= 15 is 0 Å². The summed E-state index contributed by atoms with van der Waals surface area (Å²) >= 11 is 0. The van der Waals surface area contributed by atoms with Crippen molar-refractivity contribution in [1.82, 2.24) is 4.98 Å². The van der Waals surface area contributed by atoms with Crippen molar-refractivity contribution in [3.05, 3.63) is 58.5 Å². The fraction of sp³-hybridized carbons (Fsp3) is 0.0769. The van der Waals surface area contributed by atoms with Crippen molar-refractivity contribution in [2.75, 3.05) is 11.9 Å². The Hall–Kier alpha value is -2.45. The number of hydrogen-bond acceptors (Lipinski definition) is 4. The van der Waals surface area contributed by atoms with Crippen molar-refractivity contribution in [1.29, 1.82) is 0 Å². The van der Waals surface area contributed by atoms with Crippen LogP contribution in [0.1, 0.15) is 10.4 Å². The van der Waals surface area contributed by atoms with Crippen LogP contribution in [0.25, 0.3) is 0 Å². The summed E-state index contributed by atoms with van der Waals surface area (Å²) in [6.45, 7) is 0. The van der Waals surface area contributed by atoms with Gasteiger partial charge in [0.1, 0.15) is 5.56 Å². The summed E-state index contributed by atoms with van der Waals surface area (Å²) in [6.07, 6.45) is 1.43. The molecule has 0 aliphatic rings. The molecule has 1 aromatic carbocycles. The number of hydrogen-bond donors (Lipinski definition) is 2. The Morgan fingerprint density at radius 3 is 2.33 bits per heavy atom. The summed E-state index contributed by atoms with van der Waals surface area (Å²) in [4.78, 5) is 27.4. The normalized spacial score (nSPS) is 11.1. The highest BCUT2D eigenvalue weighted by Gasteiger charge is 2.17. The molecular formula is C13H13N3O4S. The van der Waals surface area contributed by atoms with Crippen molar-refractivity contribution in [2.24, 2.45) is 5.14 Å². The fourth-order valence-electron chi connectivity index (χ4n) is 1.75. The number of nitrogens with one attached hydrogen (secondary N) is 1. The third-order valence-electron chi connectivity index (χ3n) is 2.91. The average Bonchev–Trinajstić information content (AvgIpc) is 2.45. The van der Waals surface area contributed by atoms with E-state index in [1.807, 2.05) is 0 Å². The lowest BCUT2D eigenvalue weighted by atomic mass is 10.2. The van der Waals surface area contributed by atoms with Gasteiger partial charge in [0.25, 0.3) is 11.5 Å². The number of carbonyl (C=O) groups is 1. The monoisotopic (exact) mass is 307 g/mol. The van der Waals surface area contributed by atoms with Gasteiger partial charge in [-0.3, -0.25) is 9.59 Å². The molecule has 0 unspecified atom stereocenters. The lowest BCUT2D eigenvalue weighted by molar-refractivity contribution is 0.0991. The first-order chi connectivity index (χ1) is 9.80. The summed E-state index contributed by atoms with van der Waals surface area (Å²) in [5.41, 5.74) is -0.0540. The molecule has 0 aliphatic carbocycles. The van der Waals surface area contributed by atoms with E-state index < -0.39 is 21.5 Å². The second kappa shape index (κ2) is 5.51. The van der Waals surface area contributed by atoms with Crippen molar-refractivity contribution in [3.8, 4) is 0 Å². The van der Waals surface area contributed by atoms with Gasteiger partial charge in [-0.25, -0.2) is 13.6 Å². The highest BCUT2D eigenvalue weighted by molar-refractivity contribution is 7.89. The zero-order chi connectivity index (χ0) is 15.6. The van der Waals surface area contributed by atoms with Crippen LogP contribution in [0.15, 0.2) is 52.3 Å². The highest BCUT2D eigenvalue weighted by atomic mass is 32.2. The lowest BCUT2D eigenvalue weighted by Gasteiger charge is -2.17. The number of aromatic amines is 1. The van der Waals surface area contributed by atoms with Crippen LogP contribution >= 0.6 is 0 Å². The van der Waals surface area contributed by atoms with Gasteiger partial charge >= 0.3 is 0 Å². The molecule has 0 spiro atoms. The van der Waals surface area contributed by atoms with Crippen LogP contribution in [-0.4, -0.2) is 26.4 Å². The van der Waals surface area contributed by atoms with E-state index in [9.17, 15) is 18.0 Å². The van der Waals surface area contributed by atoms with Crippen LogP contribution in [0, 0.1) is 0 Å². The third-order valence-corrected chi connectivity index (χ3v) is 3.83.